The zero-order valence-electron chi connectivity index (χ0n) is 21.9. The van der Waals surface area contributed by atoms with Crippen LogP contribution in [0.1, 0.15) is 69.2 Å². The first kappa shape index (κ1) is 25.6. The van der Waals surface area contributed by atoms with Gasteiger partial charge in [-0.05, 0) is 81.8 Å². The third kappa shape index (κ3) is 5.35. The van der Waals surface area contributed by atoms with Crippen LogP contribution in [0.2, 0.25) is 0 Å². The predicted octanol–water partition coefficient (Wildman–Crippen LogP) is 4.25. The predicted molar refractivity (Wildman–Crippen MR) is 142 cm³/mol. The van der Waals surface area contributed by atoms with E-state index in [2.05, 4.69) is 20.5 Å². The number of hydrogen-bond donors (Lipinski definition) is 2. The number of fused-ring (bicyclic) bond motifs is 1. The van der Waals surface area contributed by atoms with Gasteiger partial charge in [-0.25, -0.2) is 4.39 Å². The lowest BCUT2D eigenvalue weighted by Gasteiger charge is -2.35. The summed E-state index contributed by atoms with van der Waals surface area (Å²) >= 11 is 0. The molecule has 3 aliphatic rings. The molecule has 0 bridgehead atoms. The average molecular weight is 508 g/mol. The topological polar surface area (TPSA) is 77.6 Å². The Hall–Kier alpha value is -3.00. The summed E-state index contributed by atoms with van der Waals surface area (Å²) in [6.45, 7) is 3.26. The molecular formula is C29H38FN5O2. The molecule has 3 atom stereocenters. The van der Waals surface area contributed by atoms with Gasteiger partial charge in [-0.3, -0.25) is 14.6 Å². The minimum atomic E-state index is -0.513. The summed E-state index contributed by atoms with van der Waals surface area (Å²) in [5.41, 5.74) is 3.86. The number of anilines is 2. The second-order valence-electron chi connectivity index (χ2n) is 10.7. The first-order chi connectivity index (χ1) is 18.0. The van der Waals surface area contributed by atoms with E-state index in [9.17, 15) is 14.0 Å². The molecule has 0 radical (unpaired) electrons. The number of likely N-dealkylation sites (tertiary alicyclic amines) is 1. The average Bonchev–Trinajstić information content (AvgIpc) is 3.59. The molecule has 2 aromatic rings. The second kappa shape index (κ2) is 11.2. The van der Waals surface area contributed by atoms with E-state index in [0.717, 1.165) is 74.1 Å². The van der Waals surface area contributed by atoms with E-state index < -0.39 is 6.04 Å². The van der Waals surface area contributed by atoms with E-state index in [0.29, 0.717) is 6.54 Å². The van der Waals surface area contributed by atoms with Crippen molar-refractivity contribution in [1.29, 1.82) is 0 Å². The molecule has 8 heteroatoms. The highest BCUT2D eigenvalue weighted by molar-refractivity contribution is 5.90. The van der Waals surface area contributed by atoms with E-state index in [1.54, 1.807) is 19.3 Å². The zero-order chi connectivity index (χ0) is 25.9. The van der Waals surface area contributed by atoms with E-state index in [1.165, 1.54) is 12.5 Å². The number of pyridine rings is 1. The highest BCUT2D eigenvalue weighted by Gasteiger charge is 2.39. The smallest absolute Gasteiger partial charge is 0.246 e. The normalized spacial score (nSPS) is 21.5. The maximum atomic E-state index is 14.0. The summed E-state index contributed by atoms with van der Waals surface area (Å²) in [7, 11) is 1.75. The number of nitrogens with zero attached hydrogens (tertiary/aromatic N) is 3. The van der Waals surface area contributed by atoms with Crippen LogP contribution in [-0.4, -0.2) is 53.9 Å². The third-order valence-electron chi connectivity index (χ3n) is 8.41. The fourth-order valence-electron chi connectivity index (χ4n) is 6.18. The van der Waals surface area contributed by atoms with Crippen LogP contribution in [0.25, 0.3) is 0 Å². The first-order valence-corrected chi connectivity index (χ1v) is 13.8. The van der Waals surface area contributed by atoms with Gasteiger partial charge in [-0.2, -0.15) is 0 Å². The summed E-state index contributed by atoms with van der Waals surface area (Å²) in [6.07, 6.45) is 9.69. The number of likely N-dealkylation sites (N-methyl/N-ethyl adjacent to an activating group) is 1. The number of hydrogen-bond acceptors (Lipinski definition) is 5. The van der Waals surface area contributed by atoms with E-state index in [-0.39, 0.29) is 35.6 Å². The molecule has 2 N–H and O–H groups in total. The molecule has 2 amide bonds. The Morgan fingerprint density at radius 3 is 2.65 bits per heavy atom. The van der Waals surface area contributed by atoms with Crippen LogP contribution in [0.15, 0.2) is 36.5 Å². The summed E-state index contributed by atoms with van der Waals surface area (Å²) in [4.78, 5) is 35.6. The zero-order valence-corrected chi connectivity index (χ0v) is 21.9. The SMILES string of the molecule is CN[C@@H](C)C(=O)N[C@H](C(=O)N1CCC[C@H]1c1cc(N2CCc3ccc(F)cc32)ccn1)C1CCCCC1. The summed E-state index contributed by atoms with van der Waals surface area (Å²) in [5.74, 6) is -0.212. The van der Waals surface area contributed by atoms with Gasteiger partial charge >= 0.3 is 0 Å². The Morgan fingerprint density at radius 2 is 1.86 bits per heavy atom. The third-order valence-corrected chi connectivity index (χ3v) is 8.41. The van der Waals surface area contributed by atoms with E-state index >= 15 is 0 Å². The van der Waals surface area contributed by atoms with Gasteiger partial charge in [0.2, 0.25) is 11.8 Å². The van der Waals surface area contributed by atoms with Crippen LogP contribution in [-0.2, 0) is 16.0 Å². The Balaban J connectivity index is 1.39. The molecule has 5 rings (SSSR count). The molecule has 2 fully saturated rings. The van der Waals surface area contributed by atoms with Crippen molar-refractivity contribution in [3.8, 4) is 0 Å². The molecule has 1 aliphatic carbocycles. The minimum Gasteiger partial charge on any atom is -0.343 e. The highest BCUT2D eigenvalue weighted by Crippen LogP contribution is 2.38. The first-order valence-electron chi connectivity index (χ1n) is 13.8. The van der Waals surface area contributed by atoms with Crippen LogP contribution < -0.4 is 15.5 Å². The Kier molecular flexibility index (Phi) is 7.74. The molecule has 3 heterocycles. The number of nitrogens with one attached hydrogen (secondary N) is 2. The van der Waals surface area contributed by atoms with Crippen LogP contribution in [0.4, 0.5) is 15.8 Å². The van der Waals surface area contributed by atoms with Crippen LogP contribution in [0.3, 0.4) is 0 Å². The highest BCUT2D eigenvalue weighted by atomic mass is 19.1. The molecule has 1 aromatic carbocycles. The molecule has 0 spiro atoms. The quantitative estimate of drug-likeness (QED) is 0.586. The van der Waals surface area contributed by atoms with E-state index in [1.807, 2.05) is 30.0 Å². The van der Waals surface area contributed by atoms with Gasteiger partial charge in [-0.15, -0.1) is 0 Å². The number of carbonyl (C=O) groups is 2. The van der Waals surface area contributed by atoms with Crippen molar-refractivity contribution in [2.75, 3.05) is 25.0 Å². The van der Waals surface area contributed by atoms with Gasteiger partial charge < -0.3 is 20.4 Å². The molecule has 7 nitrogen and oxygen atoms in total. The number of halogens is 1. The van der Waals surface area contributed by atoms with Crippen LogP contribution in [0, 0.1) is 11.7 Å². The lowest BCUT2D eigenvalue weighted by Crippen LogP contribution is -2.55. The van der Waals surface area contributed by atoms with Gasteiger partial charge in [0.05, 0.1) is 17.8 Å². The van der Waals surface area contributed by atoms with Gasteiger partial charge in [0.1, 0.15) is 11.9 Å². The number of benzene rings is 1. The monoisotopic (exact) mass is 507 g/mol. The molecule has 1 saturated carbocycles. The minimum absolute atomic E-state index is 0.00634. The summed E-state index contributed by atoms with van der Waals surface area (Å²) in [6, 6.07) is 7.96. The van der Waals surface area contributed by atoms with Crippen molar-refractivity contribution in [3.05, 3.63) is 53.6 Å². The van der Waals surface area contributed by atoms with Crippen LogP contribution >= 0.6 is 0 Å². The molecule has 37 heavy (non-hydrogen) atoms. The fraction of sp³-hybridized carbons (Fsp3) is 0.552. The van der Waals surface area contributed by atoms with Crippen molar-refractivity contribution in [2.24, 2.45) is 5.92 Å². The molecule has 0 unspecified atom stereocenters. The molecule has 198 valence electrons. The standard InChI is InChI=1S/C29H38FN5O2/c1-19(31-2)28(36)33-27(21-7-4-3-5-8-21)29(37)35-15-6-9-25(35)24-18-23(12-14-32-24)34-16-13-20-10-11-22(30)17-26(20)34/h10-12,14,17-19,21,25,27,31H,3-9,13,15-16H2,1-2H3,(H,33,36)/t19-,25-,27-/m0/s1. The van der Waals surface area contributed by atoms with Crippen molar-refractivity contribution < 1.29 is 14.0 Å². The Bertz CT molecular complexity index is 1140. The maximum absolute atomic E-state index is 14.0. The molecule has 1 aromatic heterocycles. The molecular weight excluding hydrogens is 469 g/mol. The van der Waals surface area contributed by atoms with E-state index in [4.69, 9.17) is 0 Å². The number of carbonyl (C=O) groups excluding carboxylic acids is 2. The van der Waals surface area contributed by atoms with Crippen molar-refractivity contribution in [3.63, 3.8) is 0 Å². The molecule has 2 aliphatic heterocycles. The lowest BCUT2D eigenvalue weighted by molar-refractivity contribution is -0.139. The van der Waals surface area contributed by atoms with Gasteiger partial charge in [0.25, 0.3) is 0 Å². The summed E-state index contributed by atoms with van der Waals surface area (Å²) in [5, 5.41) is 6.09. The number of amides is 2. The fourth-order valence-corrected chi connectivity index (χ4v) is 6.18. The number of aromatic nitrogens is 1. The van der Waals surface area contributed by atoms with Gasteiger partial charge in [-0.1, -0.05) is 25.3 Å². The Labute approximate surface area is 218 Å². The summed E-state index contributed by atoms with van der Waals surface area (Å²) < 4.78 is 14.0. The largest absolute Gasteiger partial charge is 0.343 e. The van der Waals surface area contributed by atoms with Crippen molar-refractivity contribution >= 4 is 23.2 Å². The van der Waals surface area contributed by atoms with Crippen molar-refractivity contribution in [1.82, 2.24) is 20.5 Å². The van der Waals surface area contributed by atoms with Gasteiger partial charge in [0.15, 0.2) is 0 Å². The maximum Gasteiger partial charge on any atom is 0.246 e. The van der Waals surface area contributed by atoms with Gasteiger partial charge in [0, 0.05) is 30.7 Å². The van der Waals surface area contributed by atoms with Crippen molar-refractivity contribution in [2.45, 2.75) is 76.4 Å². The Morgan fingerprint density at radius 1 is 1.05 bits per heavy atom. The number of rotatable bonds is 7. The second-order valence-corrected chi connectivity index (χ2v) is 10.7. The lowest BCUT2D eigenvalue weighted by atomic mass is 9.83. The van der Waals surface area contributed by atoms with Crippen LogP contribution in [0.5, 0.6) is 0 Å². The molecule has 1 saturated heterocycles.